The third kappa shape index (κ3) is 3.59. The van der Waals surface area contributed by atoms with E-state index in [1.807, 2.05) is 30.3 Å². The molecule has 1 fully saturated rings. The lowest BCUT2D eigenvalue weighted by Gasteiger charge is -2.27. The summed E-state index contributed by atoms with van der Waals surface area (Å²) in [5, 5.41) is 0.113. The minimum atomic E-state index is -1.10. The number of rotatable bonds is 4. The molecule has 0 amide bonds. The molecule has 0 heterocycles. The minimum absolute atomic E-state index is 0.262. The number of allylic oxidation sites excluding steroid dienone is 1. The molecule has 0 radical (unpaired) electrons. The lowest BCUT2D eigenvalue weighted by Crippen LogP contribution is -2.11. The second-order valence-electron chi connectivity index (χ2n) is 8.01. The van der Waals surface area contributed by atoms with Crippen molar-refractivity contribution in [2.24, 2.45) is 5.92 Å². The van der Waals surface area contributed by atoms with E-state index in [2.05, 4.69) is 6.58 Å². The Labute approximate surface area is 170 Å². The molecule has 0 bridgehead atoms. The van der Waals surface area contributed by atoms with Gasteiger partial charge in [0.05, 0.1) is 5.39 Å². The zero-order valence-electron chi connectivity index (χ0n) is 16.7. The molecule has 1 saturated carbocycles. The molecule has 3 aromatic rings. The van der Waals surface area contributed by atoms with Gasteiger partial charge in [-0.25, -0.2) is 13.2 Å². The molecule has 3 aromatic carbocycles. The van der Waals surface area contributed by atoms with Gasteiger partial charge in [0.2, 0.25) is 0 Å². The van der Waals surface area contributed by atoms with Crippen LogP contribution in [0, 0.1) is 23.4 Å². The van der Waals surface area contributed by atoms with Gasteiger partial charge in [-0.3, -0.25) is 0 Å². The van der Waals surface area contributed by atoms with Crippen LogP contribution in [0.1, 0.15) is 49.7 Å². The number of fused-ring (bicyclic) bond motifs is 1. The molecule has 0 N–H and O–H groups in total. The second kappa shape index (κ2) is 8.06. The maximum atomic E-state index is 15.2. The average molecular weight is 394 g/mol. The number of hydrogen-bond donors (Lipinski definition) is 0. The molecule has 0 saturated heterocycles. The topological polar surface area (TPSA) is 0 Å². The number of aryl methyl sites for hydroxylation is 1. The molecule has 1 aliphatic carbocycles. The van der Waals surface area contributed by atoms with E-state index in [0.29, 0.717) is 34.8 Å². The molecule has 4 rings (SSSR count). The first-order chi connectivity index (χ1) is 14.0. The molecule has 150 valence electrons. The standard InChI is InChI=1S/C26H25F3/c1-3-16-5-7-18(8-6-16)19-9-11-20(12-10-19)22-14-13-21-15-17(4-2)24(27)26(29)23(21)25(22)28/h3,9-16,18H,1,4-8H2,2H3. The average Bonchev–Trinajstić information content (AvgIpc) is 2.76. The first-order valence-corrected chi connectivity index (χ1v) is 10.4. The maximum Gasteiger partial charge on any atom is 0.169 e. The van der Waals surface area contributed by atoms with E-state index in [1.54, 1.807) is 19.1 Å². The van der Waals surface area contributed by atoms with E-state index >= 15 is 4.39 Å². The van der Waals surface area contributed by atoms with E-state index in [0.717, 1.165) is 25.7 Å². The van der Waals surface area contributed by atoms with Gasteiger partial charge in [-0.05, 0) is 72.1 Å². The Hall–Kier alpha value is -2.55. The van der Waals surface area contributed by atoms with Crippen molar-refractivity contribution in [2.45, 2.75) is 44.9 Å². The van der Waals surface area contributed by atoms with Gasteiger partial charge in [0.15, 0.2) is 11.6 Å². The van der Waals surface area contributed by atoms with Gasteiger partial charge in [-0.15, -0.1) is 6.58 Å². The molecular weight excluding hydrogens is 369 g/mol. The summed E-state index contributed by atoms with van der Waals surface area (Å²) in [6.07, 6.45) is 6.97. The van der Waals surface area contributed by atoms with E-state index in [9.17, 15) is 8.78 Å². The van der Waals surface area contributed by atoms with Crippen LogP contribution in [0.15, 0.2) is 55.1 Å². The van der Waals surface area contributed by atoms with E-state index < -0.39 is 17.5 Å². The molecule has 0 spiro atoms. The Morgan fingerprint density at radius 1 is 0.897 bits per heavy atom. The van der Waals surface area contributed by atoms with Crippen molar-refractivity contribution in [2.75, 3.05) is 0 Å². The van der Waals surface area contributed by atoms with Crippen LogP contribution in [0.2, 0.25) is 0 Å². The zero-order chi connectivity index (χ0) is 20.5. The molecule has 0 nitrogen and oxygen atoms in total. The summed E-state index contributed by atoms with van der Waals surface area (Å²) in [4.78, 5) is 0. The lowest BCUT2D eigenvalue weighted by atomic mass is 9.78. The highest BCUT2D eigenvalue weighted by molar-refractivity contribution is 5.89. The Balaban J connectivity index is 1.67. The Morgan fingerprint density at radius 3 is 2.21 bits per heavy atom. The largest absolute Gasteiger partial charge is 0.206 e. The van der Waals surface area contributed by atoms with Crippen LogP contribution in [-0.2, 0) is 6.42 Å². The molecule has 0 unspecified atom stereocenters. The van der Waals surface area contributed by atoms with Gasteiger partial charge in [0.25, 0.3) is 0 Å². The zero-order valence-corrected chi connectivity index (χ0v) is 16.7. The summed E-state index contributed by atoms with van der Waals surface area (Å²) < 4.78 is 43.9. The molecule has 1 aliphatic rings. The highest BCUT2D eigenvalue weighted by atomic mass is 19.2. The van der Waals surface area contributed by atoms with Gasteiger partial charge in [0, 0.05) is 5.56 Å². The van der Waals surface area contributed by atoms with Crippen molar-refractivity contribution in [3.05, 3.63) is 83.7 Å². The fourth-order valence-corrected chi connectivity index (χ4v) is 4.54. The number of halogens is 3. The van der Waals surface area contributed by atoms with Gasteiger partial charge in [-0.2, -0.15) is 0 Å². The second-order valence-corrected chi connectivity index (χ2v) is 8.01. The first-order valence-electron chi connectivity index (χ1n) is 10.4. The quantitative estimate of drug-likeness (QED) is 0.394. The number of benzene rings is 3. The molecule has 0 aromatic heterocycles. The van der Waals surface area contributed by atoms with Crippen LogP contribution in [0.3, 0.4) is 0 Å². The van der Waals surface area contributed by atoms with Crippen molar-refractivity contribution in [3.63, 3.8) is 0 Å². The lowest BCUT2D eigenvalue weighted by molar-refractivity contribution is 0.376. The Kier molecular flexibility index (Phi) is 5.49. The predicted molar refractivity (Wildman–Crippen MR) is 114 cm³/mol. The van der Waals surface area contributed by atoms with E-state index in [-0.39, 0.29) is 10.9 Å². The molecule has 0 atom stereocenters. The summed E-state index contributed by atoms with van der Waals surface area (Å²) in [5.41, 5.74) is 2.48. The normalized spacial score (nSPS) is 19.4. The third-order valence-electron chi connectivity index (χ3n) is 6.38. The van der Waals surface area contributed by atoms with Crippen molar-refractivity contribution < 1.29 is 13.2 Å². The minimum Gasteiger partial charge on any atom is -0.206 e. The van der Waals surface area contributed by atoms with Gasteiger partial charge >= 0.3 is 0 Å². The SMILES string of the molecule is C=CC1CCC(c2ccc(-c3ccc4cc(CC)c(F)c(F)c4c3F)cc2)CC1. The van der Waals surface area contributed by atoms with Crippen molar-refractivity contribution in [1.82, 2.24) is 0 Å². The summed E-state index contributed by atoms with van der Waals surface area (Å²) >= 11 is 0. The summed E-state index contributed by atoms with van der Waals surface area (Å²) in [7, 11) is 0. The van der Waals surface area contributed by atoms with Crippen LogP contribution in [0.4, 0.5) is 13.2 Å². The van der Waals surface area contributed by atoms with Crippen molar-refractivity contribution in [1.29, 1.82) is 0 Å². The third-order valence-corrected chi connectivity index (χ3v) is 6.38. The smallest absolute Gasteiger partial charge is 0.169 e. The van der Waals surface area contributed by atoms with Crippen molar-refractivity contribution >= 4 is 10.8 Å². The molecule has 0 aliphatic heterocycles. The van der Waals surface area contributed by atoms with Gasteiger partial charge < -0.3 is 0 Å². The van der Waals surface area contributed by atoms with Crippen LogP contribution in [0.5, 0.6) is 0 Å². The van der Waals surface area contributed by atoms with E-state index in [1.165, 1.54) is 11.6 Å². The predicted octanol–water partition coefficient (Wildman–Crippen LogP) is 7.95. The fraction of sp³-hybridized carbons (Fsp3) is 0.308. The highest BCUT2D eigenvalue weighted by Crippen LogP contribution is 2.38. The first kappa shape index (κ1) is 19.8. The van der Waals surface area contributed by atoms with Crippen molar-refractivity contribution in [3.8, 4) is 11.1 Å². The highest BCUT2D eigenvalue weighted by Gasteiger charge is 2.21. The fourth-order valence-electron chi connectivity index (χ4n) is 4.54. The molecule has 29 heavy (non-hydrogen) atoms. The monoisotopic (exact) mass is 394 g/mol. The molecular formula is C26H25F3. The van der Waals surface area contributed by atoms with E-state index in [4.69, 9.17) is 0 Å². The molecule has 3 heteroatoms. The maximum absolute atomic E-state index is 15.2. The van der Waals surface area contributed by atoms with Crippen LogP contribution in [0.25, 0.3) is 21.9 Å². The summed E-state index contributed by atoms with van der Waals surface area (Å²) in [6.45, 7) is 5.64. The van der Waals surface area contributed by atoms with Crippen LogP contribution >= 0.6 is 0 Å². The Bertz CT molecular complexity index is 1040. The van der Waals surface area contributed by atoms with Gasteiger partial charge in [-0.1, -0.05) is 49.4 Å². The number of hydrogen-bond acceptors (Lipinski definition) is 0. The summed E-state index contributed by atoms with van der Waals surface area (Å²) in [6, 6.07) is 12.7. The summed E-state index contributed by atoms with van der Waals surface area (Å²) in [5.74, 6) is -1.64. The van der Waals surface area contributed by atoms with Crippen LogP contribution < -0.4 is 0 Å². The van der Waals surface area contributed by atoms with Crippen LogP contribution in [-0.4, -0.2) is 0 Å². The van der Waals surface area contributed by atoms with Gasteiger partial charge in [0.1, 0.15) is 5.82 Å². The Morgan fingerprint density at radius 2 is 1.59 bits per heavy atom.